The molecule has 0 radical (unpaired) electrons. The first-order valence-corrected chi connectivity index (χ1v) is 7.10. The molecule has 20 heavy (non-hydrogen) atoms. The molecule has 0 bridgehead atoms. The summed E-state index contributed by atoms with van der Waals surface area (Å²) in [7, 11) is 1.55. The first-order valence-electron chi connectivity index (χ1n) is 7.10. The van der Waals surface area contributed by atoms with E-state index in [2.05, 4.69) is 10.2 Å². The van der Waals surface area contributed by atoms with Crippen molar-refractivity contribution in [3.05, 3.63) is 0 Å². The van der Waals surface area contributed by atoms with Crippen LogP contribution in [0.2, 0.25) is 0 Å². The fourth-order valence-electron chi connectivity index (χ4n) is 2.82. The van der Waals surface area contributed by atoms with Gasteiger partial charge in [-0.05, 0) is 19.5 Å². The van der Waals surface area contributed by atoms with E-state index < -0.39 is 12.0 Å². The van der Waals surface area contributed by atoms with Gasteiger partial charge in [-0.15, -0.1) is 0 Å². The van der Waals surface area contributed by atoms with Gasteiger partial charge in [-0.25, -0.2) is 4.79 Å². The van der Waals surface area contributed by atoms with Crippen molar-refractivity contribution in [3.63, 3.8) is 0 Å². The number of carbonyl (C=O) groups excluding carboxylic acids is 1. The Morgan fingerprint density at radius 2 is 2.15 bits per heavy atom. The van der Waals surface area contributed by atoms with Crippen LogP contribution in [0.3, 0.4) is 0 Å². The number of hydrogen-bond acceptors (Lipinski definition) is 5. The van der Waals surface area contributed by atoms with Gasteiger partial charge in [-0.3, -0.25) is 9.69 Å². The summed E-state index contributed by atoms with van der Waals surface area (Å²) in [5.74, 6) is -1.06. The number of hydrogen-bond donors (Lipinski definition) is 2. The van der Waals surface area contributed by atoms with Crippen molar-refractivity contribution in [2.45, 2.75) is 25.0 Å². The number of amides is 1. The molecule has 7 heteroatoms. The van der Waals surface area contributed by atoms with Gasteiger partial charge in [0, 0.05) is 33.2 Å². The van der Waals surface area contributed by atoms with Gasteiger partial charge in [-0.2, -0.15) is 0 Å². The van der Waals surface area contributed by atoms with Gasteiger partial charge in [0.1, 0.15) is 6.04 Å². The lowest BCUT2D eigenvalue weighted by molar-refractivity contribution is -0.148. The molecule has 0 spiro atoms. The summed E-state index contributed by atoms with van der Waals surface area (Å²) < 4.78 is 5.20. The molecule has 1 amide bonds. The van der Waals surface area contributed by atoms with Crippen molar-refractivity contribution in [1.82, 2.24) is 15.1 Å². The number of rotatable bonds is 4. The lowest BCUT2D eigenvalue weighted by atomic mass is 10.2. The van der Waals surface area contributed by atoms with Gasteiger partial charge < -0.3 is 20.1 Å². The summed E-state index contributed by atoms with van der Waals surface area (Å²) in [4.78, 5) is 27.1. The highest BCUT2D eigenvalue weighted by molar-refractivity contribution is 5.85. The van der Waals surface area contributed by atoms with E-state index in [1.54, 1.807) is 7.11 Å². The predicted molar refractivity (Wildman–Crippen MR) is 72.5 cm³/mol. The van der Waals surface area contributed by atoms with Crippen LogP contribution < -0.4 is 5.32 Å². The van der Waals surface area contributed by atoms with E-state index in [0.29, 0.717) is 19.5 Å². The highest BCUT2D eigenvalue weighted by atomic mass is 16.5. The van der Waals surface area contributed by atoms with Gasteiger partial charge in [0.15, 0.2) is 0 Å². The highest BCUT2D eigenvalue weighted by Crippen LogP contribution is 2.20. The summed E-state index contributed by atoms with van der Waals surface area (Å²) >= 11 is 0. The van der Waals surface area contributed by atoms with Crippen molar-refractivity contribution in [1.29, 1.82) is 0 Å². The number of methoxy groups -OCH3 is 1. The summed E-state index contributed by atoms with van der Waals surface area (Å²) in [6, 6.07) is -0.752. The Balaban J connectivity index is 1.94. The molecule has 2 unspecified atom stereocenters. The van der Waals surface area contributed by atoms with Crippen LogP contribution in [0.15, 0.2) is 0 Å². The molecule has 2 aliphatic heterocycles. The van der Waals surface area contributed by atoms with Gasteiger partial charge in [0.2, 0.25) is 5.91 Å². The second kappa shape index (κ2) is 7.01. The maximum Gasteiger partial charge on any atom is 0.326 e. The first kappa shape index (κ1) is 15.2. The van der Waals surface area contributed by atoms with Gasteiger partial charge in [0.05, 0.1) is 12.6 Å². The Bertz CT molecular complexity index is 356. The Morgan fingerprint density at radius 1 is 1.35 bits per heavy atom. The second-order valence-electron chi connectivity index (χ2n) is 5.37. The maximum absolute atomic E-state index is 12.3. The molecule has 2 rings (SSSR count). The number of likely N-dealkylation sites (tertiary alicyclic amines) is 1. The molecule has 2 atom stereocenters. The monoisotopic (exact) mass is 285 g/mol. The van der Waals surface area contributed by atoms with Crippen molar-refractivity contribution >= 4 is 11.9 Å². The van der Waals surface area contributed by atoms with Crippen LogP contribution in [0.25, 0.3) is 0 Å². The molecule has 2 aliphatic rings. The van der Waals surface area contributed by atoms with E-state index >= 15 is 0 Å². The van der Waals surface area contributed by atoms with Crippen LogP contribution in [0.4, 0.5) is 0 Å². The van der Waals surface area contributed by atoms with Crippen LogP contribution >= 0.6 is 0 Å². The fourth-order valence-corrected chi connectivity index (χ4v) is 2.82. The first-order chi connectivity index (χ1) is 9.61. The lowest BCUT2D eigenvalue weighted by Crippen LogP contribution is -2.46. The quantitative estimate of drug-likeness (QED) is 0.688. The number of carbonyl (C=O) groups is 2. The maximum atomic E-state index is 12.3. The van der Waals surface area contributed by atoms with Crippen LogP contribution in [-0.4, -0.2) is 85.3 Å². The fraction of sp³-hybridized carbons (Fsp3) is 0.846. The number of nitrogens with one attached hydrogen (secondary N) is 1. The third kappa shape index (κ3) is 3.68. The molecule has 2 saturated heterocycles. The molecule has 0 aliphatic carbocycles. The Kier molecular flexibility index (Phi) is 5.33. The zero-order valence-corrected chi connectivity index (χ0v) is 11.9. The smallest absolute Gasteiger partial charge is 0.326 e. The summed E-state index contributed by atoms with van der Waals surface area (Å²) in [5, 5.41) is 12.5. The molecule has 2 N–H and O–H groups in total. The van der Waals surface area contributed by atoms with E-state index in [9.17, 15) is 14.7 Å². The largest absolute Gasteiger partial charge is 0.480 e. The normalized spacial score (nSPS) is 28.4. The van der Waals surface area contributed by atoms with Gasteiger partial charge in [0.25, 0.3) is 0 Å². The van der Waals surface area contributed by atoms with Crippen molar-refractivity contribution in [2.24, 2.45) is 0 Å². The predicted octanol–water partition coefficient (Wildman–Crippen LogP) is -1.02. The van der Waals surface area contributed by atoms with Crippen LogP contribution in [0.1, 0.15) is 12.8 Å². The topological polar surface area (TPSA) is 82.1 Å². The number of aliphatic carboxylic acids is 1. The van der Waals surface area contributed by atoms with Gasteiger partial charge >= 0.3 is 5.97 Å². The van der Waals surface area contributed by atoms with Crippen molar-refractivity contribution in [3.8, 4) is 0 Å². The second-order valence-corrected chi connectivity index (χ2v) is 5.37. The van der Waals surface area contributed by atoms with Crippen LogP contribution in [0, 0.1) is 0 Å². The molecule has 2 heterocycles. The Hall–Kier alpha value is -1.18. The number of carboxylic acid groups (broad SMARTS) is 1. The lowest BCUT2D eigenvalue weighted by Gasteiger charge is -2.25. The standard InChI is InChI=1S/C13H23N3O4/c1-20-10-7-11(13(18)19)16(8-10)12(17)9-15-5-2-3-14-4-6-15/h10-11,14H,2-9H2,1H3,(H,18,19). The third-order valence-corrected chi connectivity index (χ3v) is 3.99. The molecule has 114 valence electrons. The van der Waals surface area contributed by atoms with E-state index in [0.717, 1.165) is 32.6 Å². The van der Waals surface area contributed by atoms with Crippen LogP contribution in [-0.2, 0) is 14.3 Å². The van der Waals surface area contributed by atoms with Gasteiger partial charge in [-0.1, -0.05) is 0 Å². The average Bonchev–Trinajstić information content (AvgIpc) is 2.71. The molecule has 0 saturated carbocycles. The molecule has 0 aromatic rings. The summed E-state index contributed by atoms with van der Waals surface area (Å²) in [5.41, 5.74) is 0. The minimum atomic E-state index is -0.949. The molecular formula is C13H23N3O4. The Labute approximate surface area is 118 Å². The Morgan fingerprint density at radius 3 is 2.85 bits per heavy atom. The molecule has 7 nitrogen and oxygen atoms in total. The van der Waals surface area contributed by atoms with E-state index in [-0.39, 0.29) is 12.0 Å². The minimum absolute atomic E-state index is 0.112. The van der Waals surface area contributed by atoms with Crippen LogP contribution in [0.5, 0.6) is 0 Å². The highest BCUT2D eigenvalue weighted by Gasteiger charge is 2.39. The molecule has 0 aromatic heterocycles. The van der Waals surface area contributed by atoms with E-state index in [1.807, 2.05) is 0 Å². The van der Waals surface area contributed by atoms with Crippen molar-refractivity contribution < 1.29 is 19.4 Å². The minimum Gasteiger partial charge on any atom is -0.480 e. The molecular weight excluding hydrogens is 262 g/mol. The number of ether oxygens (including phenoxy) is 1. The summed E-state index contributed by atoms with van der Waals surface area (Å²) in [6.45, 7) is 4.21. The number of carboxylic acids is 1. The third-order valence-electron chi connectivity index (χ3n) is 3.99. The SMILES string of the molecule is COC1CC(C(=O)O)N(C(=O)CN2CCCNCC2)C1. The molecule has 2 fully saturated rings. The van der Waals surface area contributed by atoms with Crippen molar-refractivity contribution in [2.75, 3.05) is 46.4 Å². The number of nitrogens with zero attached hydrogens (tertiary/aromatic N) is 2. The molecule has 0 aromatic carbocycles. The summed E-state index contributed by atoms with van der Waals surface area (Å²) in [6.07, 6.45) is 1.21. The van der Waals surface area contributed by atoms with E-state index in [4.69, 9.17) is 4.74 Å². The average molecular weight is 285 g/mol. The zero-order valence-electron chi connectivity index (χ0n) is 11.9. The van der Waals surface area contributed by atoms with E-state index in [1.165, 1.54) is 4.90 Å². The zero-order chi connectivity index (χ0) is 14.5.